The minimum atomic E-state index is -0.470. The summed E-state index contributed by atoms with van der Waals surface area (Å²) in [5.74, 6) is 0.561. The van der Waals surface area contributed by atoms with Gasteiger partial charge in [0.2, 0.25) is 0 Å². The summed E-state index contributed by atoms with van der Waals surface area (Å²) in [6.07, 6.45) is 2.33. The van der Waals surface area contributed by atoms with Crippen LogP contribution in [0.15, 0.2) is 12.1 Å². The Morgan fingerprint density at radius 1 is 1.58 bits per heavy atom. The van der Waals surface area contributed by atoms with E-state index in [1.54, 1.807) is 6.07 Å². The fourth-order valence-electron chi connectivity index (χ4n) is 2.29. The van der Waals surface area contributed by atoms with Crippen molar-refractivity contribution in [3.63, 3.8) is 0 Å². The highest BCUT2D eigenvalue weighted by Crippen LogP contribution is 2.42. The molecule has 1 saturated carbocycles. The summed E-state index contributed by atoms with van der Waals surface area (Å²) < 4.78 is 0. The summed E-state index contributed by atoms with van der Waals surface area (Å²) in [6, 6.07) is 3.11. The van der Waals surface area contributed by atoms with E-state index in [-0.39, 0.29) is 16.2 Å². The first kappa shape index (κ1) is 14.1. The van der Waals surface area contributed by atoms with Gasteiger partial charge in [-0.15, -0.1) is 0 Å². The quantitative estimate of drug-likeness (QED) is 0.643. The molecular formula is C13H18ClN3O2. The summed E-state index contributed by atoms with van der Waals surface area (Å²) in [4.78, 5) is 10.4. The number of nitrogens with one attached hydrogen (secondary N) is 1. The molecule has 1 atom stereocenters. The molecule has 1 aliphatic carbocycles. The zero-order chi connectivity index (χ0) is 14.2. The topological polar surface area (TPSA) is 81.2 Å². The fraction of sp³-hybridized carbons (Fsp3) is 0.538. The number of aryl methyl sites for hydroxylation is 1. The van der Waals surface area contributed by atoms with Crippen LogP contribution in [-0.4, -0.2) is 17.0 Å². The molecular weight excluding hydrogens is 266 g/mol. The van der Waals surface area contributed by atoms with Crippen LogP contribution < -0.4 is 11.1 Å². The largest absolute Gasteiger partial charge is 0.378 e. The standard InChI is InChI=1S/C13H18ClN3O2/c1-8-5-12(17(18)19)10(14)6-11(8)16-13(2,7-15)9-3-4-9/h5-6,9,16H,3-4,7,15H2,1-2H3. The van der Waals surface area contributed by atoms with Gasteiger partial charge in [0, 0.05) is 23.8 Å². The molecule has 6 heteroatoms. The van der Waals surface area contributed by atoms with E-state index in [0.717, 1.165) is 11.3 Å². The fourth-order valence-corrected chi connectivity index (χ4v) is 2.52. The summed E-state index contributed by atoms with van der Waals surface area (Å²) >= 11 is 5.95. The van der Waals surface area contributed by atoms with Gasteiger partial charge in [0.1, 0.15) is 5.02 Å². The number of nitrogens with two attached hydrogens (primary N) is 1. The third-order valence-corrected chi connectivity index (χ3v) is 4.12. The summed E-state index contributed by atoms with van der Waals surface area (Å²) in [5, 5.41) is 14.4. The van der Waals surface area contributed by atoms with Crippen LogP contribution in [0.1, 0.15) is 25.3 Å². The number of halogens is 1. The average Bonchev–Trinajstić information content (AvgIpc) is 3.17. The third kappa shape index (κ3) is 2.82. The van der Waals surface area contributed by atoms with E-state index < -0.39 is 4.92 Å². The van der Waals surface area contributed by atoms with Crippen molar-refractivity contribution in [1.29, 1.82) is 0 Å². The van der Waals surface area contributed by atoms with Crippen LogP contribution in [0.2, 0.25) is 5.02 Å². The number of nitrogens with zero attached hydrogens (tertiary/aromatic N) is 1. The Bertz CT molecular complexity index is 517. The molecule has 0 heterocycles. The van der Waals surface area contributed by atoms with E-state index in [0.29, 0.717) is 12.5 Å². The highest BCUT2D eigenvalue weighted by Gasteiger charge is 2.40. The molecule has 0 aliphatic heterocycles. The van der Waals surface area contributed by atoms with E-state index in [2.05, 4.69) is 12.2 Å². The van der Waals surface area contributed by atoms with Crippen LogP contribution in [0.3, 0.4) is 0 Å². The summed E-state index contributed by atoms with van der Waals surface area (Å²) in [5.41, 5.74) is 7.24. The van der Waals surface area contributed by atoms with Gasteiger partial charge in [-0.05, 0) is 44.2 Å². The Hall–Kier alpha value is -1.33. The lowest BCUT2D eigenvalue weighted by Crippen LogP contribution is -2.44. The molecule has 19 heavy (non-hydrogen) atoms. The Morgan fingerprint density at radius 2 is 2.21 bits per heavy atom. The zero-order valence-electron chi connectivity index (χ0n) is 11.1. The van der Waals surface area contributed by atoms with Crippen molar-refractivity contribution in [2.45, 2.75) is 32.2 Å². The van der Waals surface area contributed by atoms with Gasteiger partial charge in [-0.1, -0.05) is 11.6 Å². The molecule has 1 aromatic carbocycles. The van der Waals surface area contributed by atoms with E-state index in [4.69, 9.17) is 17.3 Å². The zero-order valence-corrected chi connectivity index (χ0v) is 11.8. The summed E-state index contributed by atoms with van der Waals surface area (Å²) in [6.45, 7) is 4.43. The smallest absolute Gasteiger partial charge is 0.288 e. The van der Waals surface area contributed by atoms with Crippen LogP contribution in [0.25, 0.3) is 0 Å². The lowest BCUT2D eigenvalue weighted by Gasteiger charge is -2.31. The first-order chi connectivity index (χ1) is 8.87. The van der Waals surface area contributed by atoms with Crippen LogP contribution in [0.4, 0.5) is 11.4 Å². The first-order valence-electron chi connectivity index (χ1n) is 6.30. The molecule has 1 unspecified atom stereocenters. The molecule has 3 N–H and O–H groups in total. The molecule has 2 rings (SSSR count). The second-order valence-corrected chi connectivity index (χ2v) is 5.80. The average molecular weight is 284 g/mol. The van der Waals surface area contributed by atoms with E-state index in [1.807, 2.05) is 6.92 Å². The minimum Gasteiger partial charge on any atom is -0.378 e. The molecule has 0 radical (unpaired) electrons. The maximum atomic E-state index is 10.8. The monoisotopic (exact) mass is 283 g/mol. The third-order valence-electron chi connectivity index (χ3n) is 3.81. The predicted octanol–water partition coefficient (Wildman–Crippen LogP) is 3.10. The van der Waals surface area contributed by atoms with Crippen molar-refractivity contribution >= 4 is 23.0 Å². The molecule has 0 saturated heterocycles. The van der Waals surface area contributed by atoms with Crippen LogP contribution in [0.5, 0.6) is 0 Å². The number of hydrogen-bond acceptors (Lipinski definition) is 4. The first-order valence-corrected chi connectivity index (χ1v) is 6.68. The van der Waals surface area contributed by atoms with Crippen molar-refractivity contribution in [2.75, 3.05) is 11.9 Å². The Labute approximate surface area is 117 Å². The van der Waals surface area contributed by atoms with Gasteiger partial charge in [0.25, 0.3) is 5.69 Å². The Balaban J connectivity index is 2.30. The highest BCUT2D eigenvalue weighted by atomic mass is 35.5. The molecule has 5 nitrogen and oxygen atoms in total. The SMILES string of the molecule is Cc1cc([N+](=O)[O-])c(Cl)cc1NC(C)(CN)C1CC1. The summed E-state index contributed by atoms with van der Waals surface area (Å²) in [7, 11) is 0. The van der Waals surface area contributed by atoms with Crippen molar-refractivity contribution < 1.29 is 4.92 Å². The van der Waals surface area contributed by atoms with Gasteiger partial charge in [0.15, 0.2) is 0 Å². The second-order valence-electron chi connectivity index (χ2n) is 5.40. The molecule has 1 aromatic rings. The number of rotatable bonds is 5. The van der Waals surface area contributed by atoms with Gasteiger partial charge < -0.3 is 11.1 Å². The van der Waals surface area contributed by atoms with E-state index in [1.165, 1.54) is 18.9 Å². The molecule has 0 amide bonds. The van der Waals surface area contributed by atoms with Crippen LogP contribution in [-0.2, 0) is 0 Å². The van der Waals surface area contributed by atoms with Crippen molar-refractivity contribution in [1.82, 2.24) is 0 Å². The second kappa shape index (κ2) is 4.98. The number of benzene rings is 1. The van der Waals surface area contributed by atoms with Gasteiger partial charge in [0.05, 0.1) is 4.92 Å². The van der Waals surface area contributed by atoms with Gasteiger partial charge >= 0.3 is 0 Å². The lowest BCUT2D eigenvalue weighted by atomic mass is 9.95. The molecule has 0 spiro atoms. The predicted molar refractivity (Wildman–Crippen MR) is 76.6 cm³/mol. The molecule has 0 aromatic heterocycles. The van der Waals surface area contributed by atoms with E-state index in [9.17, 15) is 10.1 Å². The van der Waals surface area contributed by atoms with Gasteiger partial charge in [-0.2, -0.15) is 0 Å². The highest BCUT2D eigenvalue weighted by molar-refractivity contribution is 6.33. The maximum absolute atomic E-state index is 10.8. The van der Waals surface area contributed by atoms with Crippen molar-refractivity contribution in [3.8, 4) is 0 Å². The number of nitro groups is 1. The minimum absolute atomic E-state index is 0.0643. The number of anilines is 1. The lowest BCUT2D eigenvalue weighted by molar-refractivity contribution is -0.384. The number of nitro benzene ring substituents is 1. The molecule has 104 valence electrons. The van der Waals surface area contributed by atoms with E-state index >= 15 is 0 Å². The van der Waals surface area contributed by atoms with Crippen LogP contribution >= 0.6 is 11.6 Å². The van der Waals surface area contributed by atoms with Gasteiger partial charge in [-0.3, -0.25) is 10.1 Å². The Morgan fingerprint density at radius 3 is 2.68 bits per heavy atom. The molecule has 1 aliphatic rings. The number of hydrogen-bond donors (Lipinski definition) is 2. The molecule has 0 bridgehead atoms. The molecule has 1 fully saturated rings. The van der Waals surface area contributed by atoms with Gasteiger partial charge in [-0.25, -0.2) is 0 Å². The van der Waals surface area contributed by atoms with Crippen LogP contribution in [0, 0.1) is 23.0 Å². The maximum Gasteiger partial charge on any atom is 0.288 e. The Kier molecular flexibility index (Phi) is 3.69. The van der Waals surface area contributed by atoms with Crippen molar-refractivity contribution in [3.05, 3.63) is 32.8 Å². The van der Waals surface area contributed by atoms with Crippen molar-refractivity contribution in [2.24, 2.45) is 11.7 Å². The normalized spacial score (nSPS) is 17.9.